The zero-order valence-corrected chi connectivity index (χ0v) is 12.9. The van der Waals surface area contributed by atoms with Crippen LogP contribution in [0.1, 0.15) is 29.8 Å². The predicted molar refractivity (Wildman–Crippen MR) is 80.3 cm³/mol. The van der Waals surface area contributed by atoms with Gasteiger partial charge in [-0.2, -0.15) is 0 Å². The molecule has 20 heavy (non-hydrogen) atoms. The van der Waals surface area contributed by atoms with Gasteiger partial charge in [-0.3, -0.25) is 4.79 Å². The van der Waals surface area contributed by atoms with Crippen molar-refractivity contribution in [3.8, 4) is 0 Å². The molecule has 2 aliphatic heterocycles. The molecule has 1 aromatic heterocycles. The average Bonchev–Trinajstić information content (AvgIpc) is 2.93. The average molecular weight is 310 g/mol. The number of thiazole rings is 1. The number of likely N-dealkylation sites (tertiary alicyclic amines) is 1. The molecule has 1 spiro atoms. The van der Waals surface area contributed by atoms with Gasteiger partial charge in [0.2, 0.25) is 0 Å². The van der Waals surface area contributed by atoms with Crippen molar-refractivity contribution in [2.24, 2.45) is 5.92 Å². The molecule has 3 fully saturated rings. The first-order valence-corrected chi connectivity index (χ1v) is 9.10. The van der Waals surface area contributed by atoms with Crippen molar-refractivity contribution >= 4 is 29.0 Å². The van der Waals surface area contributed by atoms with Crippen LogP contribution >= 0.6 is 23.1 Å². The number of rotatable bonds is 4. The van der Waals surface area contributed by atoms with Crippen molar-refractivity contribution in [3.63, 3.8) is 0 Å². The topological polar surface area (TPSA) is 42.4 Å². The van der Waals surface area contributed by atoms with Crippen LogP contribution in [0.3, 0.4) is 0 Å². The molecule has 1 saturated carbocycles. The zero-order valence-electron chi connectivity index (χ0n) is 11.3. The van der Waals surface area contributed by atoms with E-state index in [0.29, 0.717) is 11.8 Å². The second-order valence-corrected chi connectivity index (χ2v) is 8.34. The summed E-state index contributed by atoms with van der Waals surface area (Å²) in [7, 11) is 0. The molecule has 0 radical (unpaired) electrons. The van der Waals surface area contributed by atoms with Gasteiger partial charge in [0.25, 0.3) is 5.91 Å². The first-order chi connectivity index (χ1) is 9.74. The van der Waals surface area contributed by atoms with Crippen LogP contribution < -0.4 is 0 Å². The lowest BCUT2D eigenvalue weighted by Crippen LogP contribution is -2.60. The molecule has 1 aromatic rings. The van der Waals surface area contributed by atoms with E-state index in [0.717, 1.165) is 37.8 Å². The number of nitrogens with zero attached hydrogens (tertiary/aromatic N) is 2. The molecule has 6 heteroatoms. The highest BCUT2D eigenvalue weighted by molar-refractivity contribution is 8.01. The van der Waals surface area contributed by atoms with Gasteiger partial charge in [0.1, 0.15) is 5.69 Å². The summed E-state index contributed by atoms with van der Waals surface area (Å²) in [6, 6.07) is 0. The second kappa shape index (κ2) is 5.00. The van der Waals surface area contributed by atoms with E-state index in [1.165, 1.54) is 24.2 Å². The standard InChI is InChI=1S/C14H18N2O2S2/c17-13(12-6-19-9-15-12)16-7-14(8-16)3-11(5-20-14)18-4-10-1-2-10/h6,9-11H,1-5,7-8H2. The van der Waals surface area contributed by atoms with Crippen LogP contribution in [-0.2, 0) is 4.74 Å². The van der Waals surface area contributed by atoms with Crippen LogP contribution in [0.2, 0.25) is 0 Å². The van der Waals surface area contributed by atoms with Crippen molar-refractivity contribution < 1.29 is 9.53 Å². The van der Waals surface area contributed by atoms with Crippen LogP contribution in [0.15, 0.2) is 10.9 Å². The van der Waals surface area contributed by atoms with Gasteiger partial charge in [-0.15, -0.1) is 23.1 Å². The van der Waals surface area contributed by atoms with Gasteiger partial charge >= 0.3 is 0 Å². The summed E-state index contributed by atoms with van der Waals surface area (Å²) in [5, 5.41) is 1.83. The fourth-order valence-corrected chi connectivity index (χ4v) is 5.04. The zero-order chi connectivity index (χ0) is 13.6. The number of aromatic nitrogens is 1. The molecule has 4 nitrogen and oxygen atoms in total. The maximum Gasteiger partial charge on any atom is 0.273 e. The largest absolute Gasteiger partial charge is 0.377 e. The van der Waals surface area contributed by atoms with Crippen LogP contribution in [0.5, 0.6) is 0 Å². The Balaban J connectivity index is 1.28. The van der Waals surface area contributed by atoms with Crippen molar-refractivity contribution in [1.29, 1.82) is 0 Å². The Labute approximate surface area is 126 Å². The lowest BCUT2D eigenvalue weighted by molar-refractivity contribution is 0.0284. The van der Waals surface area contributed by atoms with E-state index < -0.39 is 0 Å². The third-order valence-electron chi connectivity index (χ3n) is 4.34. The quantitative estimate of drug-likeness (QED) is 0.855. The van der Waals surface area contributed by atoms with Gasteiger partial charge in [-0.25, -0.2) is 4.98 Å². The Morgan fingerprint density at radius 2 is 2.35 bits per heavy atom. The van der Waals surface area contributed by atoms with Crippen molar-refractivity contribution in [2.45, 2.75) is 30.1 Å². The molecule has 4 rings (SSSR count). The van der Waals surface area contributed by atoms with Crippen molar-refractivity contribution in [1.82, 2.24) is 9.88 Å². The molecule has 0 aromatic carbocycles. The molecule has 1 unspecified atom stereocenters. The summed E-state index contributed by atoms with van der Waals surface area (Å²) in [5.41, 5.74) is 2.31. The van der Waals surface area contributed by atoms with Gasteiger partial charge in [-0.05, 0) is 25.2 Å². The Kier molecular flexibility index (Phi) is 3.27. The van der Waals surface area contributed by atoms with E-state index in [9.17, 15) is 4.79 Å². The lowest BCUT2D eigenvalue weighted by atomic mass is 9.92. The van der Waals surface area contributed by atoms with Gasteiger partial charge < -0.3 is 9.64 Å². The number of hydrogen-bond donors (Lipinski definition) is 0. The maximum absolute atomic E-state index is 12.2. The van der Waals surface area contributed by atoms with Gasteiger partial charge in [0.15, 0.2) is 0 Å². The first kappa shape index (κ1) is 13.1. The van der Waals surface area contributed by atoms with E-state index in [-0.39, 0.29) is 10.7 Å². The van der Waals surface area contributed by atoms with Crippen molar-refractivity contribution in [3.05, 3.63) is 16.6 Å². The summed E-state index contributed by atoms with van der Waals surface area (Å²) < 4.78 is 6.25. The molecule has 1 atom stereocenters. The maximum atomic E-state index is 12.2. The molecule has 0 bridgehead atoms. The summed E-state index contributed by atoms with van der Waals surface area (Å²) in [5.74, 6) is 2.01. The molecular formula is C14H18N2O2S2. The smallest absolute Gasteiger partial charge is 0.273 e. The normalized spacial score (nSPS) is 27.8. The number of carbonyl (C=O) groups excluding carboxylic acids is 1. The fourth-order valence-electron chi connectivity index (χ4n) is 2.96. The second-order valence-electron chi connectivity index (χ2n) is 6.13. The highest BCUT2D eigenvalue weighted by Crippen LogP contribution is 2.46. The number of ether oxygens (including phenoxy) is 1. The SMILES string of the molecule is O=C(c1cscn1)N1CC2(CC(OCC3CC3)CS2)C1. The molecule has 2 saturated heterocycles. The minimum Gasteiger partial charge on any atom is -0.377 e. The summed E-state index contributed by atoms with van der Waals surface area (Å²) >= 11 is 3.47. The van der Waals surface area contributed by atoms with Crippen LogP contribution in [0.4, 0.5) is 0 Å². The van der Waals surface area contributed by atoms with Crippen molar-refractivity contribution in [2.75, 3.05) is 25.4 Å². The Hall–Kier alpha value is -0.590. The van der Waals surface area contributed by atoms with E-state index in [1.54, 1.807) is 5.51 Å². The summed E-state index contributed by atoms with van der Waals surface area (Å²) in [4.78, 5) is 18.2. The van der Waals surface area contributed by atoms with E-state index in [4.69, 9.17) is 4.74 Å². The molecule has 0 N–H and O–H groups in total. The third kappa shape index (κ3) is 2.49. The molecule has 1 amide bonds. The van der Waals surface area contributed by atoms with E-state index >= 15 is 0 Å². The highest BCUT2D eigenvalue weighted by Gasteiger charge is 2.51. The monoisotopic (exact) mass is 310 g/mol. The van der Waals surface area contributed by atoms with Crippen LogP contribution in [-0.4, -0.2) is 52.1 Å². The molecule has 108 valence electrons. The van der Waals surface area contributed by atoms with Crippen LogP contribution in [0.25, 0.3) is 0 Å². The Morgan fingerprint density at radius 1 is 1.50 bits per heavy atom. The van der Waals surface area contributed by atoms with Crippen LogP contribution in [0, 0.1) is 5.92 Å². The predicted octanol–water partition coefficient (Wildman–Crippen LogP) is 2.27. The van der Waals surface area contributed by atoms with E-state index in [1.807, 2.05) is 22.0 Å². The third-order valence-corrected chi connectivity index (χ3v) is 6.50. The number of hydrogen-bond acceptors (Lipinski definition) is 5. The summed E-state index contributed by atoms with van der Waals surface area (Å²) in [6.07, 6.45) is 4.20. The number of carbonyl (C=O) groups is 1. The lowest BCUT2D eigenvalue weighted by Gasteiger charge is -2.47. The van der Waals surface area contributed by atoms with E-state index in [2.05, 4.69) is 4.98 Å². The Morgan fingerprint density at radius 3 is 3.05 bits per heavy atom. The van der Waals surface area contributed by atoms with Gasteiger partial charge in [0.05, 0.1) is 16.4 Å². The Bertz CT molecular complexity index is 495. The van der Waals surface area contributed by atoms with Gasteiger partial charge in [-0.1, -0.05) is 0 Å². The summed E-state index contributed by atoms with van der Waals surface area (Å²) in [6.45, 7) is 2.66. The fraction of sp³-hybridized carbons (Fsp3) is 0.714. The molecule has 1 aliphatic carbocycles. The van der Waals surface area contributed by atoms with Gasteiger partial charge in [0, 0.05) is 30.8 Å². The molecular weight excluding hydrogens is 292 g/mol. The molecule has 3 aliphatic rings. The minimum absolute atomic E-state index is 0.0832. The number of amides is 1. The minimum atomic E-state index is 0.0832. The molecule has 3 heterocycles. The highest BCUT2D eigenvalue weighted by atomic mass is 32.2. The number of thioether (sulfide) groups is 1. The first-order valence-electron chi connectivity index (χ1n) is 7.17.